The number of rotatable bonds is 9. The van der Waals surface area contributed by atoms with E-state index in [9.17, 15) is 8.42 Å². The number of benzene rings is 1. The summed E-state index contributed by atoms with van der Waals surface area (Å²) in [6.07, 6.45) is 7.44. The Balaban J connectivity index is 1.68. The average Bonchev–Trinajstić information content (AvgIpc) is 3.33. The van der Waals surface area contributed by atoms with E-state index < -0.39 is 40.0 Å². The van der Waals surface area contributed by atoms with E-state index in [2.05, 4.69) is 26.5 Å². The molecule has 0 radical (unpaired) electrons. The van der Waals surface area contributed by atoms with Gasteiger partial charge in [0.1, 0.15) is 23.6 Å². The lowest BCUT2D eigenvalue weighted by Gasteiger charge is -2.36. The Labute approximate surface area is 237 Å². The summed E-state index contributed by atoms with van der Waals surface area (Å²) in [5, 5.41) is 0. The molecule has 0 amide bonds. The number of nitrogens with one attached hydrogen (secondary N) is 1. The Hall–Kier alpha value is -3.64. The van der Waals surface area contributed by atoms with Crippen LogP contribution in [-0.4, -0.2) is 71.2 Å². The van der Waals surface area contributed by atoms with Crippen LogP contribution in [0.4, 0.5) is 20.3 Å². The first-order valence-electron chi connectivity index (χ1n) is 14.7. The SMILES string of the molecule is [2H]C([2H])([2H])N(c1ccc2c(n1)c(-c1cncnc1)cn2-c1c(F)ccc(NS(=O)(=O)CCC)c1F)C1CCN(CC)CC1. The van der Waals surface area contributed by atoms with Crippen molar-refractivity contribution in [1.82, 2.24) is 24.4 Å². The molecule has 1 aliphatic heterocycles. The molecule has 4 heterocycles. The van der Waals surface area contributed by atoms with Crippen molar-refractivity contribution in [1.29, 1.82) is 0 Å². The highest BCUT2D eigenvalue weighted by Crippen LogP contribution is 2.36. The molecule has 40 heavy (non-hydrogen) atoms. The minimum Gasteiger partial charge on any atom is -0.357 e. The number of hydrogen-bond acceptors (Lipinski definition) is 7. The molecule has 1 aromatic carbocycles. The standard InChI is InChI=1S/C28H33F2N7O2S/c1-4-14-40(38,39)34-23-7-6-22(29)28(26(23)30)37-17-21(19-15-31-18-32-16-19)27-24(37)8-9-25(33-27)35(3)20-10-12-36(5-2)13-11-20/h6-9,15-18,20,34H,4-5,10-14H2,1-3H3/i3D3. The Bertz CT molecular complexity index is 1710. The molecule has 1 fully saturated rings. The Morgan fingerprint density at radius 2 is 1.88 bits per heavy atom. The van der Waals surface area contributed by atoms with Gasteiger partial charge in [0.25, 0.3) is 0 Å². The number of sulfonamides is 1. The summed E-state index contributed by atoms with van der Waals surface area (Å²) in [6.45, 7) is 3.66. The molecule has 0 aliphatic carbocycles. The van der Waals surface area contributed by atoms with Gasteiger partial charge in [-0.1, -0.05) is 13.8 Å². The third kappa shape index (κ3) is 5.50. The monoisotopic (exact) mass is 572 g/mol. The Morgan fingerprint density at radius 1 is 1.12 bits per heavy atom. The summed E-state index contributed by atoms with van der Waals surface area (Å²) < 4.78 is 84.4. The predicted molar refractivity (Wildman–Crippen MR) is 153 cm³/mol. The number of likely N-dealkylation sites (tertiary alicyclic amines) is 1. The van der Waals surface area contributed by atoms with Crippen LogP contribution in [0.1, 0.15) is 37.2 Å². The molecule has 0 bridgehead atoms. The lowest BCUT2D eigenvalue weighted by Crippen LogP contribution is -2.43. The maximum atomic E-state index is 15.9. The topological polar surface area (TPSA) is 96.2 Å². The molecular formula is C28H33F2N7O2S. The molecule has 0 unspecified atom stereocenters. The summed E-state index contributed by atoms with van der Waals surface area (Å²) in [5.74, 6) is -2.06. The normalized spacial score (nSPS) is 16.4. The van der Waals surface area contributed by atoms with Crippen molar-refractivity contribution in [3.8, 4) is 16.8 Å². The van der Waals surface area contributed by atoms with E-state index in [1.807, 2.05) is 0 Å². The van der Waals surface area contributed by atoms with Gasteiger partial charge >= 0.3 is 0 Å². The summed E-state index contributed by atoms with van der Waals surface area (Å²) in [7, 11) is -3.86. The van der Waals surface area contributed by atoms with Crippen molar-refractivity contribution >= 4 is 32.6 Å². The predicted octanol–water partition coefficient (Wildman–Crippen LogP) is 4.83. The van der Waals surface area contributed by atoms with Crippen LogP contribution < -0.4 is 9.62 Å². The van der Waals surface area contributed by atoms with Gasteiger partial charge in [0.05, 0.1) is 22.5 Å². The molecular weight excluding hydrogens is 536 g/mol. The number of pyridine rings is 1. The van der Waals surface area contributed by atoms with Crippen LogP contribution in [0.25, 0.3) is 27.8 Å². The van der Waals surface area contributed by atoms with Gasteiger partial charge in [0.2, 0.25) is 10.0 Å². The molecule has 1 aliphatic rings. The van der Waals surface area contributed by atoms with E-state index in [1.54, 1.807) is 13.0 Å². The average molecular weight is 573 g/mol. The molecule has 0 atom stereocenters. The van der Waals surface area contributed by atoms with E-state index in [4.69, 9.17) is 9.10 Å². The van der Waals surface area contributed by atoms with Crippen LogP contribution in [0.2, 0.25) is 0 Å². The fourth-order valence-electron chi connectivity index (χ4n) is 5.07. The van der Waals surface area contributed by atoms with Gasteiger partial charge in [-0.05, 0) is 50.1 Å². The van der Waals surface area contributed by atoms with Gasteiger partial charge in [-0.3, -0.25) is 4.72 Å². The minimum absolute atomic E-state index is 0.209. The molecule has 0 saturated carbocycles. The van der Waals surface area contributed by atoms with E-state index in [-0.39, 0.29) is 28.6 Å². The minimum atomic E-state index is -3.86. The van der Waals surface area contributed by atoms with Crippen LogP contribution in [0.5, 0.6) is 0 Å². The van der Waals surface area contributed by atoms with Gasteiger partial charge in [0, 0.05) is 59.9 Å². The molecule has 3 aromatic heterocycles. The third-order valence-electron chi connectivity index (χ3n) is 7.17. The van der Waals surface area contributed by atoms with Crippen molar-refractivity contribution in [2.75, 3.05) is 42.0 Å². The summed E-state index contributed by atoms with van der Waals surface area (Å²) >= 11 is 0. The van der Waals surface area contributed by atoms with Crippen LogP contribution in [0.3, 0.4) is 0 Å². The number of piperidine rings is 1. The summed E-state index contributed by atoms with van der Waals surface area (Å²) in [6, 6.07) is 4.84. The molecule has 1 N–H and O–H groups in total. The highest BCUT2D eigenvalue weighted by atomic mass is 32.2. The number of fused-ring (bicyclic) bond motifs is 1. The highest BCUT2D eigenvalue weighted by molar-refractivity contribution is 7.92. The van der Waals surface area contributed by atoms with Gasteiger partial charge in [-0.2, -0.15) is 0 Å². The quantitative estimate of drug-likeness (QED) is 0.307. The van der Waals surface area contributed by atoms with E-state index in [1.165, 1.54) is 40.5 Å². The van der Waals surface area contributed by atoms with Crippen molar-refractivity contribution in [2.24, 2.45) is 0 Å². The molecule has 212 valence electrons. The zero-order valence-corrected chi connectivity index (χ0v) is 23.1. The molecule has 4 aromatic rings. The van der Waals surface area contributed by atoms with Crippen molar-refractivity contribution in [3.63, 3.8) is 0 Å². The van der Waals surface area contributed by atoms with Gasteiger partial charge in [-0.15, -0.1) is 0 Å². The van der Waals surface area contributed by atoms with E-state index >= 15 is 8.78 Å². The van der Waals surface area contributed by atoms with Crippen LogP contribution in [0, 0.1) is 11.6 Å². The maximum Gasteiger partial charge on any atom is 0.232 e. The highest BCUT2D eigenvalue weighted by Gasteiger charge is 2.25. The van der Waals surface area contributed by atoms with Crippen molar-refractivity contribution in [3.05, 3.63) is 60.8 Å². The second-order valence-electron chi connectivity index (χ2n) is 9.79. The number of halogens is 2. The van der Waals surface area contributed by atoms with Gasteiger partial charge in [-0.25, -0.2) is 32.2 Å². The second kappa shape index (κ2) is 11.5. The molecule has 0 spiro atoms. The van der Waals surface area contributed by atoms with Gasteiger partial charge < -0.3 is 14.4 Å². The first-order chi connectivity index (χ1) is 20.4. The first kappa shape index (κ1) is 24.2. The zero-order valence-electron chi connectivity index (χ0n) is 25.3. The smallest absolute Gasteiger partial charge is 0.232 e. The van der Waals surface area contributed by atoms with Crippen LogP contribution >= 0.6 is 0 Å². The molecule has 1 saturated heterocycles. The summed E-state index contributed by atoms with van der Waals surface area (Å²) in [5.41, 5.74) is 0.558. The fourth-order valence-corrected chi connectivity index (χ4v) is 6.20. The molecule has 12 heteroatoms. The third-order valence-corrected chi connectivity index (χ3v) is 8.64. The van der Waals surface area contributed by atoms with Crippen molar-refractivity contribution in [2.45, 2.75) is 39.2 Å². The van der Waals surface area contributed by atoms with Gasteiger partial charge in [0.15, 0.2) is 5.82 Å². The lowest BCUT2D eigenvalue weighted by molar-refractivity contribution is 0.220. The number of aromatic nitrogens is 4. The van der Waals surface area contributed by atoms with Crippen LogP contribution in [-0.2, 0) is 10.0 Å². The van der Waals surface area contributed by atoms with Crippen molar-refractivity contribution < 1.29 is 21.3 Å². The summed E-state index contributed by atoms with van der Waals surface area (Å²) in [4.78, 5) is 16.5. The van der Waals surface area contributed by atoms with Crippen LogP contribution in [0.15, 0.2) is 49.2 Å². The Kier molecular flexibility index (Phi) is 6.93. The number of hydrogen-bond donors (Lipinski definition) is 1. The molecule has 9 nitrogen and oxygen atoms in total. The zero-order chi connectivity index (χ0) is 30.9. The fraction of sp³-hybridized carbons (Fsp3) is 0.393. The largest absolute Gasteiger partial charge is 0.357 e. The number of nitrogens with zero attached hydrogens (tertiary/aromatic N) is 6. The second-order valence-corrected chi connectivity index (χ2v) is 11.6. The maximum absolute atomic E-state index is 15.9. The first-order valence-corrected chi connectivity index (χ1v) is 14.9. The molecule has 5 rings (SSSR count). The Morgan fingerprint density at radius 3 is 2.55 bits per heavy atom. The lowest BCUT2D eigenvalue weighted by atomic mass is 10.0. The number of anilines is 2. The van der Waals surface area contributed by atoms with E-state index in [0.29, 0.717) is 30.4 Å². The van der Waals surface area contributed by atoms with E-state index in [0.717, 1.165) is 31.8 Å².